The van der Waals surface area contributed by atoms with Gasteiger partial charge in [0.05, 0.1) is 26.4 Å². The van der Waals surface area contributed by atoms with Crippen LogP contribution in [0.2, 0.25) is 0 Å². The van der Waals surface area contributed by atoms with Gasteiger partial charge in [-0.2, -0.15) is 0 Å². The number of nitrogens with one attached hydrogen (secondary N) is 1. The monoisotopic (exact) mass is 638 g/mol. The summed E-state index contributed by atoms with van der Waals surface area (Å²) in [7, 11) is -6.83. The molecule has 1 fully saturated rings. The van der Waals surface area contributed by atoms with Gasteiger partial charge in [-0.15, -0.1) is 11.3 Å². The van der Waals surface area contributed by atoms with Crippen LogP contribution in [-0.4, -0.2) is 57.9 Å². The second-order valence-electron chi connectivity index (χ2n) is 11.7. The van der Waals surface area contributed by atoms with Crippen molar-refractivity contribution in [3.05, 3.63) is 88.8 Å². The second-order valence-corrected chi connectivity index (χ2v) is 16.7. The lowest BCUT2D eigenvalue weighted by atomic mass is 9.82. The standard InChI is InChI=1S/C18H22N2O2S.C14H16N2O2S2/c21-23(22,17-7-8-19-12-17)16-5-6-18-14(11-16)3-1-4-15(18)13-20-9-2-10-20;15-7-11-3-1-2-10-6-12(4-5-13(10)11)20(17,18)14-8-16-9-19-14/h5-8,11-12,15,19H,1-4,9-10,13H2;4-6,8-9,11H,1-3,7,15H2. The Morgan fingerprint density at radius 1 is 0.837 bits per heavy atom. The van der Waals surface area contributed by atoms with E-state index in [1.54, 1.807) is 30.6 Å². The summed E-state index contributed by atoms with van der Waals surface area (Å²) in [6.45, 7) is 4.17. The van der Waals surface area contributed by atoms with E-state index in [-0.39, 0.29) is 0 Å². The van der Waals surface area contributed by atoms with Crippen LogP contribution in [0, 0.1) is 0 Å². The van der Waals surface area contributed by atoms with Crippen molar-refractivity contribution in [3.8, 4) is 0 Å². The Kier molecular flexibility index (Phi) is 8.89. The Morgan fingerprint density at radius 3 is 2.05 bits per heavy atom. The molecule has 0 amide bonds. The van der Waals surface area contributed by atoms with Crippen LogP contribution >= 0.6 is 11.3 Å². The normalized spacial score (nSPS) is 20.3. The van der Waals surface area contributed by atoms with Crippen LogP contribution in [0.5, 0.6) is 0 Å². The first-order valence-electron chi connectivity index (χ1n) is 15.0. The summed E-state index contributed by atoms with van der Waals surface area (Å²) in [5.41, 5.74) is 12.2. The Labute approximate surface area is 258 Å². The van der Waals surface area contributed by atoms with Crippen LogP contribution in [-0.2, 0) is 32.5 Å². The third kappa shape index (κ3) is 6.23. The number of thiazole rings is 1. The number of rotatable bonds is 7. The molecule has 11 heteroatoms. The van der Waals surface area contributed by atoms with E-state index >= 15 is 0 Å². The van der Waals surface area contributed by atoms with E-state index in [9.17, 15) is 16.8 Å². The van der Waals surface area contributed by atoms with E-state index < -0.39 is 19.7 Å². The number of hydrogen-bond acceptors (Lipinski definition) is 8. The number of aryl methyl sites for hydroxylation is 2. The Bertz CT molecular complexity index is 1760. The van der Waals surface area contributed by atoms with Gasteiger partial charge in [0.1, 0.15) is 4.21 Å². The van der Waals surface area contributed by atoms with Crippen molar-refractivity contribution in [2.45, 2.75) is 75.7 Å². The van der Waals surface area contributed by atoms with E-state index in [0.717, 1.165) is 55.5 Å². The summed E-state index contributed by atoms with van der Waals surface area (Å²) >= 11 is 1.15. The highest BCUT2D eigenvalue weighted by Crippen LogP contribution is 2.36. The van der Waals surface area contributed by atoms with Gasteiger partial charge in [-0.3, -0.25) is 4.98 Å². The number of nitrogens with zero attached hydrogens (tertiary/aromatic N) is 2. The van der Waals surface area contributed by atoms with E-state index in [0.29, 0.717) is 37.3 Å². The highest BCUT2D eigenvalue weighted by atomic mass is 32.2. The van der Waals surface area contributed by atoms with Gasteiger partial charge in [0.25, 0.3) is 0 Å². The zero-order valence-corrected chi connectivity index (χ0v) is 26.6. The molecule has 3 heterocycles. The van der Waals surface area contributed by atoms with Crippen LogP contribution in [0.15, 0.2) is 85.5 Å². The number of aromatic amines is 1. The Balaban J connectivity index is 0.000000155. The minimum Gasteiger partial charge on any atom is -0.366 e. The molecule has 1 aliphatic heterocycles. The number of likely N-dealkylation sites (tertiary alicyclic amines) is 1. The molecule has 2 aliphatic carbocycles. The molecule has 4 aromatic rings. The fourth-order valence-electron chi connectivity index (χ4n) is 6.49. The average molecular weight is 639 g/mol. The maximum absolute atomic E-state index is 12.7. The Hall–Kier alpha value is -2.83. The molecule has 7 rings (SSSR count). The van der Waals surface area contributed by atoms with Crippen molar-refractivity contribution in [1.82, 2.24) is 14.9 Å². The smallest absolute Gasteiger partial charge is 0.217 e. The summed E-state index contributed by atoms with van der Waals surface area (Å²) in [6.07, 6.45) is 12.3. The molecule has 2 aromatic carbocycles. The molecule has 228 valence electrons. The minimum absolute atomic E-state index is 0.295. The van der Waals surface area contributed by atoms with E-state index in [4.69, 9.17) is 5.73 Å². The minimum atomic E-state index is -3.43. The summed E-state index contributed by atoms with van der Waals surface area (Å²) < 4.78 is 50.6. The lowest BCUT2D eigenvalue weighted by Gasteiger charge is -2.36. The first-order valence-corrected chi connectivity index (χ1v) is 18.8. The van der Waals surface area contributed by atoms with Crippen molar-refractivity contribution in [3.63, 3.8) is 0 Å². The fourth-order valence-corrected chi connectivity index (χ4v) is 10.0. The molecular weight excluding hydrogens is 601 g/mol. The van der Waals surface area contributed by atoms with Crippen molar-refractivity contribution >= 4 is 31.0 Å². The molecular formula is C32H38N4O4S3. The van der Waals surface area contributed by atoms with E-state index in [1.807, 2.05) is 18.2 Å². The molecule has 0 spiro atoms. The number of aromatic nitrogens is 2. The lowest BCUT2D eigenvalue weighted by molar-refractivity contribution is 0.165. The van der Waals surface area contributed by atoms with E-state index in [2.05, 4.69) is 20.9 Å². The summed E-state index contributed by atoms with van der Waals surface area (Å²) in [5.74, 6) is 0.918. The predicted octanol–water partition coefficient (Wildman–Crippen LogP) is 5.33. The number of fused-ring (bicyclic) bond motifs is 2. The first-order chi connectivity index (χ1) is 20.8. The van der Waals surface area contributed by atoms with Gasteiger partial charge >= 0.3 is 0 Å². The molecule has 0 radical (unpaired) electrons. The molecule has 1 saturated heterocycles. The van der Waals surface area contributed by atoms with Gasteiger partial charge in [0.15, 0.2) is 0 Å². The van der Waals surface area contributed by atoms with Gasteiger partial charge in [-0.1, -0.05) is 12.1 Å². The third-order valence-electron chi connectivity index (χ3n) is 8.99. The molecule has 3 aliphatic rings. The quantitative estimate of drug-likeness (QED) is 0.280. The highest BCUT2D eigenvalue weighted by Gasteiger charge is 2.27. The first kappa shape index (κ1) is 30.2. The number of nitrogens with two attached hydrogens (primary N) is 1. The van der Waals surface area contributed by atoms with Gasteiger partial charge in [-0.25, -0.2) is 16.8 Å². The maximum Gasteiger partial charge on any atom is 0.217 e. The van der Waals surface area contributed by atoms with Gasteiger partial charge in [0, 0.05) is 18.9 Å². The van der Waals surface area contributed by atoms with Crippen LogP contribution in [0.3, 0.4) is 0 Å². The number of benzene rings is 2. The predicted molar refractivity (Wildman–Crippen MR) is 168 cm³/mol. The zero-order valence-electron chi connectivity index (χ0n) is 24.1. The number of H-pyrrole nitrogens is 1. The van der Waals surface area contributed by atoms with Gasteiger partial charge in [-0.05, 0) is 129 Å². The lowest BCUT2D eigenvalue weighted by Crippen LogP contribution is -2.40. The van der Waals surface area contributed by atoms with E-state index in [1.165, 1.54) is 54.3 Å². The summed E-state index contributed by atoms with van der Waals surface area (Å²) in [5, 5.41) is 0. The van der Waals surface area contributed by atoms with Crippen molar-refractivity contribution in [2.75, 3.05) is 26.2 Å². The summed E-state index contributed by atoms with van der Waals surface area (Å²) in [6, 6.07) is 12.8. The second kappa shape index (κ2) is 12.6. The van der Waals surface area contributed by atoms with Crippen LogP contribution in [0.4, 0.5) is 0 Å². The SMILES string of the molecule is NCC1CCCc2cc(S(=O)(=O)c3cncs3)ccc21.O=S(=O)(c1cc[nH]c1)c1ccc2c(c1)CCCC2CN1CCC1. The van der Waals surface area contributed by atoms with Gasteiger partial charge < -0.3 is 15.6 Å². The zero-order chi connectivity index (χ0) is 30.0. The Morgan fingerprint density at radius 2 is 1.49 bits per heavy atom. The highest BCUT2D eigenvalue weighted by molar-refractivity contribution is 7.93. The van der Waals surface area contributed by atoms with Crippen LogP contribution < -0.4 is 5.73 Å². The molecule has 43 heavy (non-hydrogen) atoms. The molecule has 0 bridgehead atoms. The van der Waals surface area contributed by atoms with Crippen molar-refractivity contribution < 1.29 is 16.8 Å². The topological polar surface area (TPSA) is 126 Å². The van der Waals surface area contributed by atoms with Crippen molar-refractivity contribution in [1.29, 1.82) is 0 Å². The third-order valence-corrected chi connectivity index (χ3v) is 13.8. The number of hydrogen-bond donors (Lipinski definition) is 2. The molecule has 3 N–H and O–H groups in total. The van der Waals surface area contributed by atoms with Crippen LogP contribution in [0.1, 0.15) is 66.2 Å². The number of sulfone groups is 2. The average Bonchev–Trinajstić information content (AvgIpc) is 3.74. The molecule has 2 unspecified atom stereocenters. The van der Waals surface area contributed by atoms with Crippen LogP contribution in [0.25, 0.3) is 0 Å². The maximum atomic E-state index is 12.7. The largest absolute Gasteiger partial charge is 0.366 e. The molecule has 2 aromatic heterocycles. The molecule has 0 saturated carbocycles. The fraction of sp³-hybridized carbons (Fsp3) is 0.406. The molecule has 8 nitrogen and oxygen atoms in total. The van der Waals surface area contributed by atoms with Gasteiger partial charge in [0.2, 0.25) is 19.7 Å². The summed E-state index contributed by atoms with van der Waals surface area (Å²) in [4.78, 5) is 10.3. The molecule has 2 atom stereocenters. The van der Waals surface area contributed by atoms with Crippen molar-refractivity contribution in [2.24, 2.45) is 5.73 Å².